The van der Waals surface area contributed by atoms with E-state index in [0.29, 0.717) is 25.5 Å². The first-order chi connectivity index (χ1) is 8.60. The summed E-state index contributed by atoms with van der Waals surface area (Å²) >= 11 is 0. The van der Waals surface area contributed by atoms with E-state index in [1.54, 1.807) is 0 Å². The van der Waals surface area contributed by atoms with E-state index in [2.05, 4.69) is 6.92 Å². The van der Waals surface area contributed by atoms with Crippen molar-refractivity contribution in [2.75, 3.05) is 0 Å². The number of aliphatic hydroxyl groups is 2. The molecule has 18 heavy (non-hydrogen) atoms. The molecule has 2 N–H and O–H groups in total. The van der Waals surface area contributed by atoms with Gasteiger partial charge in [-0.2, -0.15) is 0 Å². The lowest BCUT2D eigenvalue weighted by atomic mass is 9.89. The largest absolute Gasteiger partial charge is 0.393 e. The number of rotatable bonds is 8. The zero-order chi connectivity index (χ0) is 13.5. The second-order valence-corrected chi connectivity index (χ2v) is 5.28. The molecule has 4 atom stereocenters. The third kappa shape index (κ3) is 4.18. The van der Waals surface area contributed by atoms with Crippen molar-refractivity contribution in [3.8, 4) is 0 Å². The van der Waals surface area contributed by atoms with E-state index in [9.17, 15) is 19.8 Å². The third-order valence-electron chi connectivity index (χ3n) is 3.89. The second-order valence-electron chi connectivity index (χ2n) is 5.28. The maximum Gasteiger partial charge on any atom is 0.132 e. The van der Waals surface area contributed by atoms with Gasteiger partial charge in [-0.25, -0.2) is 0 Å². The van der Waals surface area contributed by atoms with Crippen molar-refractivity contribution >= 4 is 12.1 Å². The first-order valence-corrected chi connectivity index (χ1v) is 6.93. The molecular formula is C14H24O4. The smallest absolute Gasteiger partial charge is 0.132 e. The van der Waals surface area contributed by atoms with Crippen LogP contribution in [0.3, 0.4) is 0 Å². The topological polar surface area (TPSA) is 74.6 Å². The monoisotopic (exact) mass is 256 g/mol. The lowest BCUT2D eigenvalue weighted by Gasteiger charge is -2.18. The molecule has 4 heteroatoms. The van der Waals surface area contributed by atoms with Crippen molar-refractivity contribution in [1.29, 1.82) is 0 Å². The Morgan fingerprint density at radius 1 is 1.22 bits per heavy atom. The summed E-state index contributed by atoms with van der Waals surface area (Å²) in [5, 5.41) is 19.3. The average molecular weight is 256 g/mol. The highest BCUT2D eigenvalue weighted by Gasteiger charge is 2.41. The molecule has 1 saturated carbocycles. The zero-order valence-corrected chi connectivity index (χ0v) is 11.0. The summed E-state index contributed by atoms with van der Waals surface area (Å²) in [5.74, 6) is -0.572. The SMILES string of the molecule is CCCCCC(=O)CC[C@H]1[C@@H](C=O)[C@H](O)C[C@@H]1O. The van der Waals surface area contributed by atoms with Crippen LogP contribution in [0.2, 0.25) is 0 Å². The molecular weight excluding hydrogens is 232 g/mol. The minimum atomic E-state index is -0.752. The highest BCUT2D eigenvalue weighted by atomic mass is 16.3. The summed E-state index contributed by atoms with van der Waals surface area (Å²) in [5.41, 5.74) is 0. The minimum Gasteiger partial charge on any atom is -0.393 e. The lowest BCUT2D eigenvalue weighted by Crippen LogP contribution is -2.24. The first kappa shape index (κ1) is 15.3. The number of carbonyl (C=O) groups is 2. The van der Waals surface area contributed by atoms with Crippen LogP contribution < -0.4 is 0 Å². The van der Waals surface area contributed by atoms with Gasteiger partial charge in [-0.15, -0.1) is 0 Å². The van der Waals surface area contributed by atoms with Gasteiger partial charge in [0.05, 0.1) is 12.2 Å². The molecule has 1 aliphatic carbocycles. The van der Waals surface area contributed by atoms with Crippen LogP contribution in [0.25, 0.3) is 0 Å². The molecule has 0 aromatic rings. The van der Waals surface area contributed by atoms with Crippen LogP contribution in [-0.4, -0.2) is 34.5 Å². The molecule has 0 unspecified atom stereocenters. The van der Waals surface area contributed by atoms with Crippen LogP contribution in [0.15, 0.2) is 0 Å². The molecule has 1 rings (SSSR count). The standard InChI is InChI=1S/C14H24O4/c1-2-3-4-5-10(16)6-7-11-12(9-15)14(18)8-13(11)17/h9,11-14,17-18H,2-8H2,1H3/t11-,12+,13-,14+/m0/s1. The van der Waals surface area contributed by atoms with E-state index in [-0.39, 0.29) is 18.1 Å². The maximum atomic E-state index is 11.6. The summed E-state index contributed by atoms with van der Waals surface area (Å²) in [6.07, 6.45) is 4.13. The van der Waals surface area contributed by atoms with Gasteiger partial charge in [0.2, 0.25) is 0 Å². The second kappa shape index (κ2) is 7.64. The number of ketones is 1. The molecule has 0 aromatic carbocycles. The lowest BCUT2D eigenvalue weighted by molar-refractivity contribution is -0.120. The summed E-state index contributed by atoms with van der Waals surface area (Å²) in [4.78, 5) is 22.5. The molecule has 0 aliphatic heterocycles. The molecule has 0 amide bonds. The number of hydrogen-bond acceptors (Lipinski definition) is 4. The van der Waals surface area contributed by atoms with Crippen LogP contribution in [-0.2, 0) is 9.59 Å². The van der Waals surface area contributed by atoms with E-state index < -0.39 is 18.1 Å². The highest BCUT2D eigenvalue weighted by Crippen LogP contribution is 2.34. The van der Waals surface area contributed by atoms with Gasteiger partial charge >= 0.3 is 0 Å². The Hall–Kier alpha value is -0.740. The number of hydrogen-bond donors (Lipinski definition) is 2. The van der Waals surface area contributed by atoms with Gasteiger partial charge in [0, 0.05) is 25.2 Å². The summed E-state index contributed by atoms with van der Waals surface area (Å²) < 4.78 is 0. The molecule has 0 aromatic heterocycles. The summed E-state index contributed by atoms with van der Waals surface area (Å²) in [6, 6.07) is 0. The number of carbonyl (C=O) groups excluding carboxylic acids is 2. The van der Waals surface area contributed by atoms with Crippen LogP contribution in [0.1, 0.15) is 51.9 Å². The average Bonchev–Trinajstić information content (AvgIpc) is 2.61. The number of aldehydes is 1. The quantitative estimate of drug-likeness (QED) is 0.509. The summed E-state index contributed by atoms with van der Waals surface area (Å²) in [7, 11) is 0. The van der Waals surface area contributed by atoms with Crippen molar-refractivity contribution in [2.45, 2.75) is 64.1 Å². The van der Waals surface area contributed by atoms with Crippen LogP contribution in [0, 0.1) is 11.8 Å². The normalized spacial score (nSPS) is 31.5. The molecule has 0 heterocycles. The first-order valence-electron chi connectivity index (χ1n) is 6.93. The van der Waals surface area contributed by atoms with E-state index in [1.807, 2.05) is 0 Å². The molecule has 4 nitrogen and oxygen atoms in total. The fraction of sp³-hybridized carbons (Fsp3) is 0.857. The Labute approximate surface area is 108 Å². The van der Waals surface area contributed by atoms with Crippen molar-refractivity contribution < 1.29 is 19.8 Å². The molecule has 1 fully saturated rings. The summed E-state index contributed by atoms with van der Waals surface area (Å²) in [6.45, 7) is 2.09. The van der Waals surface area contributed by atoms with E-state index in [4.69, 9.17) is 0 Å². The van der Waals surface area contributed by atoms with Gasteiger partial charge < -0.3 is 15.0 Å². The van der Waals surface area contributed by atoms with E-state index >= 15 is 0 Å². The van der Waals surface area contributed by atoms with Crippen LogP contribution in [0.5, 0.6) is 0 Å². The zero-order valence-electron chi connectivity index (χ0n) is 11.0. The van der Waals surface area contributed by atoms with Crippen molar-refractivity contribution in [3.63, 3.8) is 0 Å². The third-order valence-corrected chi connectivity index (χ3v) is 3.89. The molecule has 0 bridgehead atoms. The molecule has 0 radical (unpaired) electrons. The van der Waals surface area contributed by atoms with Crippen molar-refractivity contribution in [1.82, 2.24) is 0 Å². The van der Waals surface area contributed by atoms with Gasteiger partial charge in [-0.05, 0) is 18.8 Å². The van der Waals surface area contributed by atoms with Gasteiger partial charge in [0.15, 0.2) is 0 Å². The minimum absolute atomic E-state index is 0.196. The molecule has 0 saturated heterocycles. The Bertz CT molecular complexity index is 277. The fourth-order valence-corrected chi connectivity index (χ4v) is 2.72. The predicted molar refractivity (Wildman–Crippen MR) is 68.1 cm³/mol. The van der Waals surface area contributed by atoms with E-state index in [1.165, 1.54) is 0 Å². The van der Waals surface area contributed by atoms with Crippen LogP contribution >= 0.6 is 0 Å². The van der Waals surface area contributed by atoms with Gasteiger partial charge in [-0.1, -0.05) is 19.8 Å². The van der Waals surface area contributed by atoms with Crippen LogP contribution in [0.4, 0.5) is 0 Å². The highest BCUT2D eigenvalue weighted by molar-refractivity contribution is 5.78. The number of aliphatic hydroxyl groups excluding tert-OH is 2. The number of Topliss-reactive ketones (excluding diaryl/α,β-unsaturated/α-hetero) is 1. The van der Waals surface area contributed by atoms with E-state index in [0.717, 1.165) is 19.3 Å². The molecule has 104 valence electrons. The predicted octanol–water partition coefficient (Wildman–Crippen LogP) is 1.47. The van der Waals surface area contributed by atoms with Gasteiger partial charge in [0.1, 0.15) is 12.1 Å². The molecule has 0 spiro atoms. The maximum absolute atomic E-state index is 11.6. The Morgan fingerprint density at radius 2 is 1.94 bits per heavy atom. The Balaban J connectivity index is 2.33. The van der Waals surface area contributed by atoms with Crippen molar-refractivity contribution in [2.24, 2.45) is 11.8 Å². The fourth-order valence-electron chi connectivity index (χ4n) is 2.72. The Kier molecular flexibility index (Phi) is 6.50. The van der Waals surface area contributed by atoms with Gasteiger partial charge in [0.25, 0.3) is 0 Å². The Morgan fingerprint density at radius 3 is 2.56 bits per heavy atom. The van der Waals surface area contributed by atoms with Crippen molar-refractivity contribution in [3.05, 3.63) is 0 Å². The molecule has 1 aliphatic rings. The number of unbranched alkanes of at least 4 members (excludes halogenated alkanes) is 2. The van der Waals surface area contributed by atoms with Gasteiger partial charge in [-0.3, -0.25) is 4.79 Å².